The summed E-state index contributed by atoms with van der Waals surface area (Å²) >= 11 is 3.25. The molecule has 0 saturated carbocycles. The number of aryl methyl sites for hydroxylation is 1. The third-order valence-electron chi connectivity index (χ3n) is 4.44. The second-order valence-electron chi connectivity index (χ2n) is 6.59. The van der Waals surface area contributed by atoms with Crippen molar-refractivity contribution in [3.8, 4) is 11.4 Å². The summed E-state index contributed by atoms with van der Waals surface area (Å²) in [6.07, 6.45) is -3.92. The summed E-state index contributed by atoms with van der Waals surface area (Å²) in [6, 6.07) is 9.10. The monoisotopic (exact) mass is 503 g/mol. The topological polar surface area (TPSA) is 51.5 Å². The van der Waals surface area contributed by atoms with E-state index in [0.29, 0.717) is 5.69 Å². The van der Waals surface area contributed by atoms with Gasteiger partial charge in [0.15, 0.2) is 17.4 Å². The highest BCUT2D eigenvalue weighted by Gasteiger charge is 2.36. The van der Waals surface area contributed by atoms with Gasteiger partial charge in [-0.05, 0) is 54.4 Å². The quantitative estimate of drug-likeness (QED) is 0.394. The van der Waals surface area contributed by atoms with E-state index in [4.69, 9.17) is 9.84 Å². The van der Waals surface area contributed by atoms with E-state index >= 15 is 0 Å². The van der Waals surface area contributed by atoms with Crippen LogP contribution in [0.2, 0.25) is 0 Å². The van der Waals surface area contributed by atoms with Crippen molar-refractivity contribution < 1.29 is 36.6 Å². The van der Waals surface area contributed by atoms with E-state index in [1.165, 1.54) is 10.8 Å². The predicted molar refractivity (Wildman–Crippen MR) is 105 cm³/mol. The summed E-state index contributed by atoms with van der Waals surface area (Å²) < 4.78 is 76.1. The van der Waals surface area contributed by atoms with Crippen LogP contribution in [0, 0.1) is 11.6 Å². The molecule has 0 aliphatic heterocycles. The summed E-state index contributed by atoms with van der Waals surface area (Å²) in [6.45, 7) is -0.750. The lowest BCUT2D eigenvalue weighted by Crippen LogP contribution is -2.13. The summed E-state index contributed by atoms with van der Waals surface area (Å²) in [5, 5.41) is 8.68. The first-order valence-electron chi connectivity index (χ1n) is 8.92. The zero-order chi connectivity index (χ0) is 22.8. The first-order chi connectivity index (χ1) is 14.6. The minimum absolute atomic E-state index is 0.0963. The predicted octanol–water partition coefficient (Wildman–Crippen LogP) is 6.13. The molecule has 0 atom stereocenters. The van der Waals surface area contributed by atoms with Gasteiger partial charge in [0.05, 0.1) is 11.3 Å². The Kier molecular flexibility index (Phi) is 6.68. The number of hydrogen-bond donors (Lipinski definition) is 1. The Hall–Kier alpha value is -2.88. The molecule has 0 radical (unpaired) electrons. The second-order valence-corrected chi connectivity index (χ2v) is 7.51. The van der Waals surface area contributed by atoms with Gasteiger partial charge in [-0.3, -0.25) is 4.79 Å². The molecule has 0 saturated heterocycles. The molecule has 0 amide bonds. The molecule has 3 aromatic rings. The Balaban J connectivity index is 1.91. The second kappa shape index (κ2) is 9.09. The van der Waals surface area contributed by atoms with Gasteiger partial charge in [-0.25, -0.2) is 8.78 Å². The van der Waals surface area contributed by atoms with Gasteiger partial charge in [0, 0.05) is 22.8 Å². The van der Waals surface area contributed by atoms with E-state index in [9.17, 15) is 26.7 Å². The van der Waals surface area contributed by atoms with Gasteiger partial charge in [-0.1, -0.05) is 15.9 Å². The zero-order valence-corrected chi connectivity index (χ0v) is 17.3. The number of aromatic nitrogens is 1. The molecule has 3 rings (SSSR count). The van der Waals surface area contributed by atoms with Crippen LogP contribution in [0.3, 0.4) is 0 Å². The van der Waals surface area contributed by atoms with Gasteiger partial charge >= 0.3 is 12.1 Å². The Morgan fingerprint density at radius 1 is 1.06 bits per heavy atom. The molecule has 0 bridgehead atoms. The third kappa shape index (κ3) is 5.43. The SMILES string of the molecule is O=C(O)CCc1cc(F)c(OCc2c(C(F)(F)F)ccn2-c2ccc(Br)cc2)c(F)c1. The number of benzene rings is 2. The van der Waals surface area contributed by atoms with Crippen molar-refractivity contribution in [3.05, 3.63) is 81.6 Å². The van der Waals surface area contributed by atoms with Crippen molar-refractivity contribution in [2.75, 3.05) is 0 Å². The van der Waals surface area contributed by atoms with Gasteiger partial charge in [0.2, 0.25) is 0 Å². The molecule has 0 fully saturated rings. The molecular formula is C21H15BrF5NO3. The average molecular weight is 504 g/mol. The number of rotatable bonds is 7. The Bertz CT molecular complexity index is 1070. The number of carboxylic acid groups (broad SMARTS) is 1. The smallest absolute Gasteiger partial charge is 0.418 e. The minimum atomic E-state index is -4.70. The minimum Gasteiger partial charge on any atom is -0.481 e. The van der Waals surface area contributed by atoms with Gasteiger partial charge in [-0.15, -0.1) is 0 Å². The average Bonchev–Trinajstić information content (AvgIpc) is 3.10. The number of alkyl halides is 3. The highest BCUT2D eigenvalue weighted by Crippen LogP contribution is 2.35. The fourth-order valence-electron chi connectivity index (χ4n) is 3.00. The van der Waals surface area contributed by atoms with Gasteiger partial charge < -0.3 is 14.4 Å². The van der Waals surface area contributed by atoms with Crippen LogP contribution in [-0.4, -0.2) is 15.6 Å². The van der Waals surface area contributed by atoms with Crippen molar-refractivity contribution in [1.29, 1.82) is 0 Å². The van der Waals surface area contributed by atoms with Crippen molar-refractivity contribution >= 4 is 21.9 Å². The van der Waals surface area contributed by atoms with Gasteiger partial charge in [-0.2, -0.15) is 13.2 Å². The van der Waals surface area contributed by atoms with Crippen LogP contribution < -0.4 is 4.74 Å². The third-order valence-corrected chi connectivity index (χ3v) is 4.97. The molecule has 1 heterocycles. The first-order valence-corrected chi connectivity index (χ1v) is 9.71. The molecule has 0 aliphatic rings. The van der Waals surface area contributed by atoms with E-state index in [2.05, 4.69) is 15.9 Å². The highest BCUT2D eigenvalue weighted by atomic mass is 79.9. The fourth-order valence-corrected chi connectivity index (χ4v) is 3.26. The van der Waals surface area contributed by atoms with E-state index in [-0.39, 0.29) is 24.1 Å². The van der Waals surface area contributed by atoms with Crippen LogP contribution in [0.4, 0.5) is 22.0 Å². The maximum Gasteiger partial charge on any atom is 0.418 e. The Labute approximate surface area is 182 Å². The van der Waals surface area contributed by atoms with E-state index < -0.39 is 41.7 Å². The van der Waals surface area contributed by atoms with E-state index in [1.54, 1.807) is 24.3 Å². The molecule has 164 valence electrons. The lowest BCUT2D eigenvalue weighted by molar-refractivity contribution is -0.139. The molecule has 2 aromatic carbocycles. The molecule has 10 heteroatoms. The number of carboxylic acids is 1. The molecule has 0 aliphatic carbocycles. The molecule has 0 spiro atoms. The van der Waals surface area contributed by atoms with Crippen molar-refractivity contribution in [2.24, 2.45) is 0 Å². The standard InChI is InChI=1S/C21H15BrF5NO3/c22-13-2-4-14(5-3-13)28-8-7-15(21(25,26)27)18(28)11-31-20-16(23)9-12(10-17(20)24)1-6-19(29)30/h2-5,7-10H,1,6,11H2,(H,29,30). The van der Waals surface area contributed by atoms with E-state index in [0.717, 1.165) is 22.7 Å². The summed E-state index contributed by atoms with van der Waals surface area (Å²) in [4.78, 5) is 10.6. The number of carbonyl (C=O) groups is 1. The lowest BCUT2D eigenvalue weighted by atomic mass is 10.1. The fraction of sp³-hybridized carbons (Fsp3) is 0.190. The highest BCUT2D eigenvalue weighted by molar-refractivity contribution is 9.10. The number of ether oxygens (including phenoxy) is 1. The largest absolute Gasteiger partial charge is 0.481 e. The molecular weight excluding hydrogens is 489 g/mol. The Morgan fingerprint density at radius 3 is 2.23 bits per heavy atom. The zero-order valence-electron chi connectivity index (χ0n) is 15.7. The molecule has 4 nitrogen and oxygen atoms in total. The summed E-state index contributed by atoms with van der Waals surface area (Å²) in [5.41, 5.74) is -0.820. The van der Waals surface area contributed by atoms with Crippen LogP contribution in [-0.2, 0) is 24.0 Å². The molecule has 1 aromatic heterocycles. The van der Waals surface area contributed by atoms with Crippen molar-refractivity contribution in [3.63, 3.8) is 0 Å². The molecule has 31 heavy (non-hydrogen) atoms. The number of nitrogens with zero attached hydrogens (tertiary/aromatic N) is 1. The first kappa shape index (κ1) is 22.8. The number of halogens is 6. The maximum atomic E-state index is 14.3. The summed E-state index contributed by atoms with van der Waals surface area (Å²) in [5.74, 6) is -4.23. The molecule has 1 N–H and O–H groups in total. The Morgan fingerprint density at radius 2 is 1.68 bits per heavy atom. The molecule has 0 unspecified atom stereocenters. The van der Waals surface area contributed by atoms with Crippen LogP contribution >= 0.6 is 15.9 Å². The van der Waals surface area contributed by atoms with Crippen LogP contribution in [0.5, 0.6) is 5.75 Å². The van der Waals surface area contributed by atoms with Gasteiger partial charge in [0.25, 0.3) is 0 Å². The van der Waals surface area contributed by atoms with E-state index in [1.807, 2.05) is 0 Å². The number of aliphatic carboxylic acids is 1. The summed E-state index contributed by atoms with van der Waals surface area (Å²) in [7, 11) is 0. The maximum absolute atomic E-state index is 14.3. The van der Waals surface area contributed by atoms with Crippen LogP contribution in [0.1, 0.15) is 23.2 Å². The van der Waals surface area contributed by atoms with Crippen LogP contribution in [0.15, 0.2) is 53.1 Å². The lowest BCUT2D eigenvalue weighted by Gasteiger charge is -2.15. The number of hydrogen-bond acceptors (Lipinski definition) is 2. The van der Waals surface area contributed by atoms with Gasteiger partial charge in [0.1, 0.15) is 6.61 Å². The van der Waals surface area contributed by atoms with Crippen LogP contribution in [0.25, 0.3) is 5.69 Å². The van der Waals surface area contributed by atoms with Crippen molar-refractivity contribution in [2.45, 2.75) is 25.6 Å². The normalized spacial score (nSPS) is 11.5. The van der Waals surface area contributed by atoms with Crippen molar-refractivity contribution in [1.82, 2.24) is 4.57 Å².